The van der Waals surface area contributed by atoms with E-state index in [0.29, 0.717) is 40.8 Å². The van der Waals surface area contributed by atoms with Crippen LogP contribution in [0.2, 0.25) is 5.02 Å². The second kappa shape index (κ2) is 13.3. The maximum absolute atomic E-state index is 13.9. The third kappa shape index (κ3) is 6.50. The summed E-state index contributed by atoms with van der Waals surface area (Å²) in [4.78, 5) is 43.6. The van der Waals surface area contributed by atoms with Crippen LogP contribution < -0.4 is 19.3 Å². The number of carbonyl (C=O) groups is 2. The third-order valence-corrected chi connectivity index (χ3v) is 10.7. The zero-order valence-electron chi connectivity index (χ0n) is 27.4. The summed E-state index contributed by atoms with van der Waals surface area (Å²) in [5.41, 5.74) is 2.81. The van der Waals surface area contributed by atoms with Crippen LogP contribution in [0.4, 0.5) is 11.6 Å². The largest absolute Gasteiger partial charge is 0.493 e. The molecule has 248 valence electrons. The quantitative estimate of drug-likeness (QED) is 0.299. The second-order valence-corrected chi connectivity index (χ2v) is 14.0. The molecule has 3 fully saturated rings. The monoisotopic (exact) mass is 658 g/mol. The standard InChI is InChI=1S/C36H43ClN6O4/c1-40(20-23-7-13-27(14-8-23)42-21-35(45)41(2)22-42)32-18-39-33(19-38-32)43-34(44)16-25-15-30(46-3)31(47-28-5-4-6-28)17-29(25)36(43)24-9-11-26(37)12-10-24/h9-12,15,17-19,23,27-28,36H,4-8,13-14,16,20-22H2,1-3H3/t23?,27?,36-/m0/s1. The molecule has 0 spiro atoms. The number of rotatable bonds is 9. The van der Waals surface area contributed by atoms with E-state index in [0.717, 1.165) is 74.2 Å². The van der Waals surface area contributed by atoms with E-state index >= 15 is 0 Å². The number of carbonyl (C=O) groups excluding carboxylic acids is 2. The first-order valence-electron chi connectivity index (χ1n) is 16.7. The molecule has 7 rings (SSSR count). The van der Waals surface area contributed by atoms with Gasteiger partial charge in [0.25, 0.3) is 0 Å². The molecule has 47 heavy (non-hydrogen) atoms. The summed E-state index contributed by atoms with van der Waals surface area (Å²) < 4.78 is 12.1. The van der Waals surface area contributed by atoms with Gasteiger partial charge in [-0.1, -0.05) is 23.7 Å². The van der Waals surface area contributed by atoms with Crippen LogP contribution in [0, 0.1) is 5.92 Å². The Labute approximate surface area is 281 Å². The van der Waals surface area contributed by atoms with Crippen molar-refractivity contribution in [3.05, 3.63) is 70.5 Å². The fourth-order valence-electron chi connectivity index (χ4n) is 7.46. The van der Waals surface area contributed by atoms with Crippen molar-refractivity contribution < 1.29 is 19.1 Å². The van der Waals surface area contributed by atoms with E-state index in [1.54, 1.807) is 24.4 Å². The molecule has 11 heteroatoms. The lowest BCUT2D eigenvalue weighted by atomic mass is 9.85. The van der Waals surface area contributed by atoms with Gasteiger partial charge in [-0.15, -0.1) is 0 Å². The molecule has 2 saturated carbocycles. The van der Waals surface area contributed by atoms with Gasteiger partial charge in [0.1, 0.15) is 5.82 Å². The Bertz CT molecular complexity index is 1610. The Balaban J connectivity index is 1.10. The number of nitrogens with zero attached hydrogens (tertiary/aromatic N) is 6. The predicted molar refractivity (Wildman–Crippen MR) is 181 cm³/mol. The number of methoxy groups -OCH3 is 1. The summed E-state index contributed by atoms with van der Waals surface area (Å²) in [7, 11) is 5.57. The molecule has 1 saturated heterocycles. The summed E-state index contributed by atoms with van der Waals surface area (Å²) in [5, 5.41) is 0.630. The van der Waals surface area contributed by atoms with E-state index in [-0.39, 0.29) is 24.3 Å². The highest BCUT2D eigenvalue weighted by molar-refractivity contribution is 6.30. The van der Waals surface area contributed by atoms with Crippen molar-refractivity contribution in [1.29, 1.82) is 0 Å². The maximum Gasteiger partial charge on any atom is 0.237 e. The molecule has 4 aliphatic rings. The first-order valence-corrected chi connectivity index (χ1v) is 17.1. The van der Waals surface area contributed by atoms with Gasteiger partial charge in [-0.2, -0.15) is 0 Å². The Hall–Kier alpha value is -3.89. The number of fused-ring (bicyclic) bond motifs is 1. The van der Waals surface area contributed by atoms with Gasteiger partial charge in [0.15, 0.2) is 17.3 Å². The van der Waals surface area contributed by atoms with Crippen molar-refractivity contribution in [3.63, 3.8) is 0 Å². The summed E-state index contributed by atoms with van der Waals surface area (Å²) in [6, 6.07) is 11.7. The van der Waals surface area contributed by atoms with Crippen LogP contribution in [0.3, 0.4) is 0 Å². The van der Waals surface area contributed by atoms with E-state index in [2.05, 4.69) is 16.8 Å². The Morgan fingerprint density at radius 3 is 2.34 bits per heavy atom. The molecule has 1 atom stereocenters. The van der Waals surface area contributed by atoms with E-state index in [9.17, 15) is 9.59 Å². The number of anilines is 2. The van der Waals surface area contributed by atoms with Gasteiger partial charge in [0.05, 0.1) is 51.3 Å². The molecular formula is C36H43ClN6O4. The number of aromatic nitrogens is 2. The highest BCUT2D eigenvalue weighted by atomic mass is 35.5. The van der Waals surface area contributed by atoms with Gasteiger partial charge in [-0.25, -0.2) is 9.97 Å². The molecule has 0 N–H and O–H groups in total. The molecule has 0 unspecified atom stereocenters. The summed E-state index contributed by atoms with van der Waals surface area (Å²) in [6.07, 6.45) is 11.6. The van der Waals surface area contributed by atoms with E-state index < -0.39 is 6.04 Å². The van der Waals surface area contributed by atoms with Crippen molar-refractivity contribution >= 4 is 35.1 Å². The molecule has 2 amide bonds. The number of benzene rings is 2. The lowest BCUT2D eigenvalue weighted by Crippen LogP contribution is -2.41. The Kier molecular flexibility index (Phi) is 8.98. The van der Waals surface area contributed by atoms with E-state index in [1.807, 2.05) is 48.3 Å². The van der Waals surface area contributed by atoms with Crippen LogP contribution in [-0.4, -0.2) is 84.7 Å². The van der Waals surface area contributed by atoms with Crippen LogP contribution >= 0.6 is 11.6 Å². The van der Waals surface area contributed by atoms with Crippen LogP contribution in [0.15, 0.2) is 48.8 Å². The van der Waals surface area contributed by atoms with E-state index in [4.69, 9.17) is 31.0 Å². The number of ether oxygens (including phenoxy) is 2. The molecule has 2 aliphatic heterocycles. The van der Waals surface area contributed by atoms with Crippen LogP contribution in [0.25, 0.3) is 0 Å². The third-order valence-electron chi connectivity index (χ3n) is 10.4. The minimum absolute atomic E-state index is 0.0646. The Morgan fingerprint density at radius 2 is 1.72 bits per heavy atom. The smallest absolute Gasteiger partial charge is 0.237 e. The fraction of sp³-hybridized carbons (Fsp3) is 0.500. The van der Waals surface area contributed by atoms with Gasteiger partial charge < -0.3 is 19.3 Å². The average Bonchev–Trinajstić information content (AvgIpc) is 3.40. The van der Waals surface area contributed by atoms with Crippen molar-refractivity contribution in [1.82, 2.24) is 19.8 Å². The highest BCUT2D eigenvalue weighted by Gasteiger charge is 2.38. The molecular weight excluding hydrogens is 616 g/mol. The SMILES string of the molecule is COc1cc2c(cc1OC1CCC1)[C@H](c1ccc(Cl)cc1)N(c1cnc(N(C)CC3CCC(N4CC(=O)N(C)C4)CC3)cn1)C(=O)C2. The second-order valence-electron chi connectivity index (χ2n) is 13.5. The number of hydrogen-bond donors (Lipinski definition) is 0. The first-order chi connectivity index (χ1) is 22.8. The lowest BCUT2D eigenvalue weighted by Gasteiger charge is -2.38. The number of amides is 2. The number of likely N-dealkylation sites (N-methyl/N-ethyl adjacent to an activating group) is 1. The van der Waals surface area contributed by atoms with Crippen LogP contribution in [0.5, 0.6) is 11.5 Å². The molecule has 0 bridgehead atoms. The molecule has 1 aromatic heterocycles. The lowest BCUT2D eigenvalue weighted by molar-refractivity contribution is -0.125. The predicted octanol–water partition coefficient (Wildman–Crippen LogP) is 5.48. The molecule has 3 heterocycles. The highest BCUT2D eigenvalue weighted by Crippen LogP contribution is 2.44. The summed E-state index contributed by atoms with van der Waals surface area (Å²) in [6.45, 7) is 2.17. The van der Waals surface area contributed by atoms with Gasteiger partial charge >= 0.3 is 0 Å². The minimum atomic E-state index is -0.433. The molecule has 0 radical (unpaired) electrons. The van der Waals surface area contributed by atoms with Crippen molar-refractivity contribution in [2.75, 3.05) is 50.8 Å². The fourth-order valence-corrected chi connectivity index (χ4v) is 7.59. The van der Waals surface area contributed by atoms with Crippen LogP contribution in [-0.2, 0) is 16.0 Å². The van der Waals surface area contributed by atoms with E-state index in [1.165, 1.54) is 6.42 Å². The van der Waals surface area contributed by atoms with Crippen molar-refractivity contribution in [2.45, 2.75) is 69.6 Å². The first kappa shape index (κ1) is 31.7. The molecule has 3 aromatic rings. The van der Waals surface area contributed by atoms with Gasteiger partial charge in [0, 0.05) is 31.7 Å². The topological polar surface area (TPSA) is 91.3 Å². The normalized spacial score (nSPS) is 23.4. The number of hydrogen-bond acceptors (Lipinski definition) is 8. The van der Waals surface area contributed by atoms with Gasteiger partial charge in [-0.05, 0) is 91.8 Å². The summed E-state index contributed by atoms with van der Waals surface area (Å²) in [5.74, 6) is 3.32. The van der Waals surface area contributed by atoms with Crippen molar-refractivity contribution in [3.8, 4) is 11.5 Å². The van der Waals surface area contributed by atoms with Crippen LogP contribution in [0.1, 0.15) is 67.7 Å². The molecule has 2 aromatic carbocycles. The van der Waals surface area contributed by atoms with Crippen molar-refractivity contribution in [2.24, 2.45) is 5.92 Å². The Morgan fingerprint density at radius 1 is 0.957 bits per heavy atom. The average molecular weight is 659 g/mol. The molecule has 10 nitrogen and oxygen atoms in total. The zero-order chi connectivity index (χ0) is 32.7. The minimum Gasteiger partial charge on any atom is -0.493 e. The molecule has 2 aliphatic carbocycles. The zero-order valence-corrected chi connectivity index (χ0v) is 28.2. The maximum atomic E-state index is 13.9. The van der Waals surface area contributed by atoms with Gasteiger partial charge in [-0.3, -0.25) is 19.4 Å². The summed E-state index contributed by atoms with van der Waals surface area (Å²) >= 11 is 6.28. The van der Waals surface area contributed by atoms with Gasteiger partial charge in [0.2, 0.25) is 11.8 Å². The number of halogens is 1.